The average Bonchev–Trinajstić information content (AvgIpc) is 3.18. The summed E-state index contributed by atoms with van der Waals surface area (Å²) in [6, 6.07) is 13.6. The van der Waals surface area contributed by atoms with Crippen LogP contribution in [0.4, 0.5) is 4.39 Å². The molecule has 1 aliphatic rings. The highest BCUT2D eigenvalue weighted by atomic mass is 19.1. The molecule has 2 aromatic carbocycles. The van der Waals surface area contributed by atoms with Crippen LogP contribution in [0.5, 0.6) is 0 Å². The van der Waals surface area contributed by atoms with Gasteiger partial charge >= 0.3 is 0 Å². The van der Waals surface area contributed by atoms with Crippen LogP contribution in [0.3, 0.4) is 0 Å². The second kappa shape index (κ2) is 7.31. The maximum absolute atomic E-state index is 13.1. The Morgan fingerprint density at radius 1 is 1.22 bits per heavy atom. The normalized spacial score (nSPS) is 17.1. The molecule has 0 bridgehead atoms. The number of aromatic nitrogens is 2. The molecule has 0 spiro atoms. The molecule has 0 radical (unpaired) electrons. The SMILES string of the molecule is Cc1cccc(C(=O)N2CCC[C@@H](c3nc(-c4ccc(F)cc4)no3)C2)c1. The molecule has 0 aliphatic carbocycles. The van der Waals surface area contributed by atoms with Crippen LogP contribution in [-0.4, -0.2) is 34.0 Å². The molecule has 3 aromatic rings. The zero-order chi connectivity index (χ0) is 18.8. The quantitative estimate of drug-likeness (QED) is 0.698. The molecule has 138 valence electrons. The van der Waals surface area contributed by atoms with Gasteiger partial charge in [0.25, 0.3) is 5.91 Å². The minimum atomic E-state index is -0.306. The molecule has 1 aliphatic heterocycles. The van der Waals surface area contributed by atoms with E-state index in [0.717, 1.165) is 24.9 Å². The predicted octanol–water partition coefficient (Wildman–Crippen LogP) is 4.20. The second-order valence-corrected chi connectivity index (χ2v) is 6.92. The van der Waals surface area contributed by atoms with Crippen LogP contribution in [0, 0.1) is 12.7 Å². The molecule has 0 unspecified atom stereocenters. The lowest BCUT2D eigenvalue weighted by Gasteiger charge is -2.31. The minimum absolute atomic E-state index is 0.00853. The van der Waals surface area contributed by atoms with Gasteiger partial charge in [0.1, 0.15) is 5.82 Å². The molecule has 1 atom stereocenters. The van der Waals surface area contributed by atoms with E-state index in [-0.39, 0.29) is 17.6 Å². The number of likely N-dealkylation sites (tertiary alicyclic amines) is 1. The number of hydrogen-bond donors (Lipinski definition) is 0. The molecule has 27 heavy (non-hydrogen) atoms. The fourth-order valence-corrected chi connectivity index (χ4v) is 3.44. The molecule has 1 fully saturated rings. The van der Waals surface area contributed by atoms with E-state index in [9.17, 15) is 9.18 Å². The highest BCUT2D eigenvalue weighted by Crippen LogP contribution is 2.28. The summed E-state index contributed by atoms with van der Waals surface area (Å²) in [5.74, 6) is 0.694. The van der Waals surface area contributed by atoms with Crippen molar-refractivity contribution in [2.75, 3.05) is 13.1 Å². The summed E-state index contributed by atoms with van der Waals surface area (Å²) < 4.78 is 18.5. The predicted molar refractivity (Wildman–Crippen MR) is 98.7 cm³/mol. The van der Waals surface area contributed by atoms with Gasteiger partial charge in [0.15, 0.2) is 0 Å². The van der Waals surface area contributed by atoms with Crippen LogP contribution in [0.15, 0.2) is 53.1 Å². The maximum Gasteiger partial charge on any atom is 0.253 e. The Hall–Kier alpha value is -3.02. The van der Waals surface area contributed by atoms with Gasteiger partial charge in [0, 0.05) is 24.2 Å². The van der Waals surface area contributed by atoms with Crippen LogP contribution in [0.25, 0.3) is 11.4 Å². The zero-order valence-corrected chi connectivity index (χ0v) is 15.1. The van der Waals surface area contributed by atoms with Crippen LogP contribution >= 0.6 is 0 Å². The van der Waals surface area contributed by atoms with Crippen LogP contribution in [0.2, 0.25) is 0 Å². The summed E-state index contributed by atoms with van der Waals surface area (Å²) in [7, 11) is 0. The Kier molecular flexibility index (Phi) is 4.71. The third-order valence-electron chi connectivity index (χ3n) is 4.87. The molecular weight excluding hydrogens is 345 g/mol. The van der Waals surface area contributed by atoms with Crippen molar-refractivity contribution in [3.8, 4) is 11.4 Å². The van der Waals surface area contributed by atoms with Gasteiger partial charge in [-0.25, -0.2) is 4.39 Å². The van der Waals surface area contributed by atoms with E-state index in [0.29, 0.717) is 29.4 Å². The van der Waals surface area contributed by atoms with Crippen molar-refractivity contribution < 1.29 is 13.7 Å². The number of amides is 1. The number of rotatable bonds is 3. The van der Waals surface area contributed by atoms with Gasteiger partial charge in [0.2, 0.25) is 11.7 Å². The van der Waals surface area contributed by atoms with Crippen LogP contribution in [-0.2, 0) is 0 Å². The average molecular weight is 365 g/mol. The van der Waals surface area contributed by atoms with Crippen molar-refractivity contribution in [1.82, 2.24) is 15.0 Å². The lowest BCUT2D eigenvalue weighted by molar-refractivity contribution is 0.0695. The van der Waals surface area contributed by atoms with E-state index in [4.69, 9.17) is 4.52 Å². The Bertz CT molecular complexity index is 952. The van der Waals surface area contributed by atoms with Crippen molar-refractivity contribution in [2.24, 2.45) is 0 Å². The smallest absolute Gasteiger partial charge is 0.253 e. The van der Waals surface area contributed by atoms with Crippen molar-refractivity contribution >= 4 is 5.91 Å². The number of aryl methyl sites for hydroxylation is 1. The summed E-state index contributed by atoms with van der Waals surface area (Å²) >= 11 is 0. The zero-order valence-electron chi connectivity index (χ0n) is 15.1. The Labute approximate surface area is 156 Å². The standard InChI is InChI=1S/C21H20FN3O2/c1-14-4-2-5-16(12-14)21(26)25-11-3-6-17(13-25)20-23-19(24-27-20)15-7-9-18(22)10-8-15/h2,4-5,7-10,12,17H,3,6,11,13H2,1H3/t17-/m1/s1. The molecule has 1 aromatic heterocycles. The van der Waals surface area contributed by atoms with Crippen molar-refractivity contribution in [3.05, 3.63) is 71.4 Å². The summed E-state index contributed by atoms with van der Waals surface area (Å²) in [6.07, 6.45) is 1.78. The molecule has 6 heteroatoms. The molecule has 1 saturated heterocycles. The van der Waals surface area contributed by atoms with Crippen molar-refractivity contribution in [2.45, 2.75) is 25.7 Å². The monoisotopic (exact) mass is 365 g/mol. The number of nitrogens with zero attached hydrogens (tertiary/aromatic N) is 3. The van der Waals surface area contributed by atoms with Gasteiger partial charge in [-0.1, -0.05) is 22.9 Å². The molecule has 4 rings (SSSR count). The molecule has 0 saturated carbocycles. The number of hydrogen-bond acceptors (Lipinski definition) is 4. The van der Waals surface area contributed by atoms with Crippen molar-refractivity contribution in [3.63, 3.8) is 0 Å². The van der Waals surface area contributed by atoms with E-state index >= 15 is 0 Å². The van der Waals surface area contributed by atoms with E-state index in [1.165, 1.54) is 12.1 Å². The van der Waals surface area contributed by atoms with E-state index in [1.807, 2.05) is 36.1 Å². The second-order valence-electron chi connectivity index (χ2n) is 6.92. The molecule has 0 N–H and O–H groups in total. The number of carbonyl (C=O) groups is 1. The summed E-state index contributed by atoms with van der Waals surface area (Å²) in [6.45, 7) is 3.26. The Morgan fingerprint density at radius 3 is 2.81 bits per heavy atom. The van der Waals surface area contributed by atoms with E-state index in [1.54, 1.807) is 12.1 Å². The molecular formula is C21H20FN3O2. The first-order valence-corrected chi connectivity index (χ1v) is 9.05. The fourth-order valence-electron chi connectivity index (χ4n) is 3.44. The fraction of sp³-hybridized carbons (Fsp3) is 0.286. The maximum atomic E-state index is 13.1. The Balaban J connectivity index is 1.50. The largest absolute Gasteiger partial charge is 0.339 e. The van der Waals surface area contributed by atoms with E-state index in [2.05, 4.69) is 10.1 Å². The van der Waals surface area contributed by atoms with Crippen LogP contribution in [0.1, 0.15) is 40.6 Å². The highest BCUT2D eigenvalue weighted by molar-refractivity contribution is 5.94. The van der Waals surface area contributed by atoms with Gasteiger partial charge in [0.05, 0.1) is 5.92 Å². The van der Waals surface area contributed by atoms with Gasteiger partial charge in [-0.2, -0.15) is 4.98 Å². The van der Waals surface area contributed by atoms with Gasteiger partial charge < -0.3 is 9.42 Å². The number of piperidine rings is 1. The van der Waals surface area contributed by atoms with Crippen LogP contribution < -0.4 is 0 Å². The first-order valence-electron chi connectivity index (χ1n) is 9.05. The third-order valence-corrected chi connectivity index (χ3v) is 4.87. The number of benzene rings is 2. The molecule has 2 heterocycles. The highest BCUT2D eigenvalue weighted by Gasteiger charge is 2.29. The lowest BCUT2D eigenvalue weighted by atomic mass is 9.97. The minimum Gasteiger partial charge on any atom is -0.339 e. The number of carbonyl (C=O) groups excluding carboxylic acids is 1. The van der Waals surface area contributed by atoms with Gasteiger partial charge in [-0.3, -0.25) is 4.79 Å². The lowest BCUT2D eigenvalue weighted by Crippen LogP contribution is -2.39. The number of halogens is 1. The summed E-state index contributed by atoms with van der Waals surface area (Å²) in [5.41, 5.74) is 2.47. The van der Waals surface area contributed by atoms with Gasteiger partial charge in [-0.15, -0.1) is 0 Å². The summed E-state index contributed by atoms with van der Waals surface area (Å²) in [5, 5.41) is 4.02. The van der Waals surface area contributed by atoms with Crippen molar-refractivity contribution in [1.29, 1.82) is 0 Å². The summed E-state index contributed by atoms with van der Waals surface area (Å²) in [4.78, 5) is 19.1. The first kappa shape index (κ1) is 17.4. The first-order chi connectivity index (χ1) is 13.1. The topological polar surface area (TPSA) is 59.2 Å². The Morgan fingerprint density at radius 2 is 2.04 bits per heavy atom. The molecule has 1 amide bonds. The van der Waals surface area contributed by atoms with E-state index < -0.39 is 0 Å². The molecule has 5 nitrogen and oxygen atoms in total. The van der Waals surface area contributed by atoms with Gasteiger partial charge in [-0.05, 0) is 56.2 Å². The third kappa shape index (κ3) is 3.74.